The summed E-state index contributed by atoms with van der Waals surface area (Å²) in [6.45, 7) is 8.60. The van der Waals surface area contributed by atoms with Gasteiger partial charge in [-0.2, -0.15) is 0 Å². The maximum atomic E-state index is 9.18. The number of nitrogens with one attached hydrogen (secondary N) is 1. The van der Waals surface area contributed by atoms with Gasteiger partial charge in [0.1, 0.15) is 5.75 Å². The summed E-state index contributed by atoms with van der Waals surface area (Å²) in [6.07, 6.45) is 1.81. The Labute approximate surface area is 103 Å². The summed E-state index contributed by atoms with van der Waals surface area (Å²) in [7, 11) is 1.67. The predicted octanol–water partition coefficient (Wildman–Crippen LogP) is 1.57. The van der Waals surface area contributed by atoms with Gasteiger partial charge in [-0.1, -0.05) is 0 Å². The normalized spacial score (nSPS) is 11.6. The van der Waals surface area contributed by atoms with Gasteiger partial charge in [0.15, 0.2) is 0 Å². The van der Waals surface area contributed by atoms with Crippen LogP contribution >= 0.6 is 0 Å². The summed E-state index contributed by atoms with van der Waals surface area (Å²) in [4.78, 5) is 4.40. The van der Waals surface area contributed by atoms with E-state index in [4.69, 9.17) is 4.74 Å². The fourth-order valence-corrected chi connectivity index (χ4v) is 1.63. The van der Waals surface area contributed by atoms with Gasteiger partial charge in [-0.05, 0) is 27.7 Å². The minimum absolute atomic E-state index is 0.0923. The lowest BCUT2D eigenvalue weighted by molar-refractivity contribution is 0.187. The first-order chi connectivity index (χ1) is 7.91. The van der Waals surface area contributed by atoms with Gasteiger partial charge in [0.25, 0.3) is 0 Å². The van der Waals surface area contributed by atoms with Crippen LogP contribution in [0.25, 0.3) is 0 Å². The monoisotopic (exact) mass is 238 g/mol. The maximum Gasteiger partial charge on any atom is 0.128 e. The van der Waals surface area contributed by atoms with Gasteiger partial charge in [0.05, 0.1) is 19.4 Å². The van der Waals surface area contributed by atoms with Gasteiger partial charge in [-0.3, -0.25) is 4.98 Å². The molecule has 0 saturated heterocycles. The number of methoxy groups -OCH3 is 1. The van der Waals surface area contributed by atoms with E-state index in [1.54, 1.807) is 7.11 Å². The third-order valence-electron chi connectivity index (χ3n) is 2.88. The zero-order valence-electron chi connectivity index (χ0n) is 11.3. The highest BCUT2D eigenvalue weighted by Crippen LogP contribution is 2.24. The molecule has 1 aromatic heterocycles. The molecule has 0 aliphatic heterocycles. The molecule has 0 aliphatic carbocycles. The van der Waals surface area contributed by atoms with Crippen molar-refractivity contribution >= 4 is 0 Å². The number of nitrogens with zero attached hydrogens (tertiary/aromatic N) is 1. The summed E-state index contributed by atoms with van der Waals surface area (Å²) in [5, 5.41) is 12.4. The van der Waals surface area contributed by atoms with E-state index in [9.17, 15) is 5.11 Å². The van der Waals surface area contributed by atoms with Crippen LogP contribution in [0.15, 0.2) is 6.20 Å². The molecule has 4 nitrogen and oxygen atoms in total. The molecular formula is C13H22N2O2. The Balaban J connectivity index is 2.86. The van der Waals surface area contributed by atoms with E-state index in [1.807, 2.05) is 33.9 Å². The molecule has 1 aromatic rings. The molecule has 17 heavy (non-hydrogen) atoms. The Morgan fingerprint density at radius 2 is 2.06 bits per heavy atom. The molecule has 0 fully saturated rings. The third-order valence-corrected chi connectivity index (χ3v) is 2.88. The van der Waals surface area contributed by atoms with Crippen molar-refractivity contribution in [3.63, 3.8) is 0 Å². The van der Waals surface area contributed by atoms with Crippen molar-refractivity contribution in [2.24, 2.45) is 0 Å². The largest absolute Gasteiger partial charge is 0.496 e. The molecule has 96 valence electrons. The van der Waals surface area contributed by atoms with Crippen LogP contribution in [-0.4, -0.2) is 29.3 Å². The lowest BCUT2D eigenvalue weighted by atomic mass is 10.1. The van der Waals surface area contributed by atoms with Crippen molar-refractivity contribution in [1.82, 2.24) is 10.3 Å². The standard InChI is InChI=1S/C13H22N2O2/c1-9-6-14-11(10(2)12(9)17-5)7-15-13(3,4)8-16/h6,15-16H,7-8H2,1-5H3. The average molecular weight is 238 g/mol. The van der Waals surface area contributed by atoms with E-state index in [0.717, 1.165) is 22.6 Å². The fourth-order valence-electron chi connectivity index (χ4n) is 1.63. The van der Waals surface area contributed by atoms with Crippen LogP contribution in [0.4, 0.5) is 0 Å². The molecule has 0 aliphatic rings. The SMILES string of the molecule is COc1c(C)cnc(CNC(C)(C)CO)c1C. The second-order valence-corrected chi connectivity index (χ2v) is 4.94. The quantitative estimate of drug-likeness (QED) is 0.817. The Bertz CT molecular complexity index is 389. The molecule has 0 atom stereocenters. The molecule has 1 rings (SSSR count). The van der Waals surface area contributed by atoms with Crippen molar-refractivity contribution in [3.8, 4) is 5.75 Å². The highest BCUT2D eigenvalue weighted by atomic mass is 16.5. The number of hydrogen-bond donors (Lipinski definition) is 2. The lowest BCUT2D eigenvalue weighted by Gasteiger charge is -2.24. The van der Waals surface area contributed by atoms with E-state index < -0.39 is 0 Å². The van der Waals surface area contributed by atoms with Crippen LogP contribution < -0.4 is 10.1 Å². The Morgan fingerprint density at radius 1 is 1.41 bits per heavy atom. The van der Waals surface area contributed by atoms with E-state index >= 15 is 0 Å². The van der Waals surface area contributed by atoms with Gasteiger partial charge >= 0.3 is 0 Å². The third kappa shape index (κ3) is 3.41. The summed E-state index contributed by atoms with van der Waals surface area (Å²) in [6, 6.07) is 0. The van der Waals surface area contributed by atoms with Crippen LogP contribution in [0.1, 0.15) is 30.7 Å². The minimum atomic E-state index is -0.299. The molecule has 0 aromatic carbocycles. The van der Waals surface area contributed by atoms with E-state index in [0.29, 0.717) is 6.54 Å². The van der Waals surface area contributed by atoms with Crippen LogP contribution in [-0.2, 0) is 6.54 Å². The molecule has 0 unspecified atom stereocenters. The van der Waals surface area contributed by atoms with Crippen molar-refractivity contribution in [2.45, 2.75) is 39.8 Å². The van der Waals surface area contributed by atoms with E-state index in [2.05, 4.69) is 10.3 Å². The maximum absolute atomic E-state index is 9.18. The highest BCUT2D eigenvalue weighted by Gasteiger charge is 2.17. The molecule has 0 bridgehead atoms. The number of aromatic nitrogens is 1. The topological polar surface area (TPSA) is 54.4 Å². The molecule has 0 spiro atoms. The molecule has 4 heteroatoms. The van der Waals surface area contributed by atoms with Crippen LogP contribution in [0.2, 0.25) is 0 Å². The number of aliphatic hydroxyl groups excluding tert-OH is 1. The second kappa shape index (κ2) is 5.47. The molecule has 0 amide bonds. The van der Waals surface area contributed by atoms with Crippen LogP contribution in [0.3, 0.4) is 0 Å². The van der Waals surface area contributed by atoms with Crippen LogP contribution in [0.5, 0.6) is 5.75 Å². The summed E-state index contributed by atoms with van der Waals surface area (Å²) >= 11 is 0. The van der Waals surface area contributed by atoms with Gasteiger partial charge < -0.3 is 15.2 Å². The predicted molar refractivity (Wildman–Crippen MR) is 68.3 cm³/mol. The fraction of sp³-hybridized carbons (Fsp3) is 0.615. The van der Waals surface area contributed by atoms with E-state index in [-0.39, 0.29) is 12.1 Å². The number of pyridine rings is 1. The van der Waals surface area contributed by atoms with Gasteiger partial charge in [-0.25, -0.2) is 0 Å². The first kappa shape index (κ1) is 13.9. The van der Waals surface area contributed by atoms with Gasteiger partial charge in [-0.15, -0.1) is 0 Å². The summed E-state index contributed by atoms with van der Waals surface area (Å²) < 4.78 is 5.36. The first-order valence-electron chi connectivity index (χ1n) is 5.76. The Kier molecular flexibility index (Phi) is 4.48. The summed E-state index contributed by atoms with van der Waals surface area (Å²) in [5.41, 5.74) is 2.74. The number of rotatable bonds is 5. The average Bonchev–Trinajstić information content (AvgIpc) is 2.29. The number of aryl methyl sites for hydroxylation is 1. The summed E-state index contributed by atoms with van der Waals surface area (Å²) in [5.74, 6) is 0.888. The zero-order valence-corrected chi connectivity index (χ0v) is 11.3. The van der Waals surface area contributed by atoms with Gasteiger partial charge in [0, 0.05) is 29.4 Å². The number of aliphatic hydroxyl groups is 1. The lowest BCUT2D eigenvalue weighted by Crippen LogP contribution is -2.42. The Hall–Kier alpha value is -1.13. The molecule has 0 radical (unpaired) electrons. The number of ether oxygens (including phenoxy) is 1. The van der Waals surface area contributed by atoms with Gasteiger partial charge in [0.2, 0.25) is 0 Å². The second-order valence-electron chi connectivity index (χ2n) is 4.94. The minimum Gasteiger partial charge on any atom is -0.496 e. The van der Waals surface area contributed by atoms with Crippen LogP contribution in [0, 0.1) is 13.8 Å². The molecule has 2 N–H and O–H groups in total. The van der Waals surface area contributed by atoms with Crippen molar-refractivity contribution in [3.05, 3.63) is 23.0 Å². The molecule has 1 heterocycles. The highest BCUT2D eigenvalue weighted by molar-refractivity contribution is 5.41. The molecular weight excluding hydrogens is 216 g/mol. The van der Waals surface area contributed by atoms with Crippen molar-refractivity contribution in [2.75, 3.05) is 13.7 Å². The van der Waals surface area contributed by atoms with Crippen molar-refractivity contribution in [1.29, 1.82) is 0 Å². The smallest absolute Gasteiger partial charge is 0.128 e. The van der Waals surface area contributed by atoms with Crippen molar-refractivity contribution < 1.29 is 9.84 Å². The zero-order chi connectivity index (χ0) is 13.1. The number of hydrogen-bond acceptors (Lipinski definition) is 4. The Morgan fingerprint density at radius 3 is 2.59 bits per heavy atom. The first-order valence-corrected chi connectivity index (χ1v) is 5.76. The van der Waals surface area contributed by atoms with E-state index in [1.165, 1.54) is 0 Å². The molecule has 0 saturated carbocycles.